The molecule has 0 aliphatic rings. The van der Waals surface area contributed by atoms with Crippen LogP contribution in [0.4, 0.5) is 0 Å². The number of rotatable bonds is 4. The fraction of sp³-hybridized carbons (Fsp3) is 0.625. The van der Waals surface area contributed by atoms with Gasteiger partial charge in [-0.05, 0) is 38.3 Å². The standard InChI is InChI=1S/C8H22OSi2.C6H6.C2H6/c1-7-10(3,4)9-11(5,6)8-2;1-2-4-6-5-3-1;1-2/h7-8H2,1-6H3;1-6H;1-2H3. The second kappa shape index (κ2) is 11.4. The number of benzene rings is 1. The molecule has 0 radical (unpaired) electrons. The highest BCUT2D eigenvalue weighted by atomic mass is 28.4. The van der Waals surface area contributed by atoms with Crippen LogP contribution < -0.4 is 0 Å². The summed E-state index contributed by atoms with van der Waals surface area (Å²) in [6, 6.07) is 14.5. The van der Waals surface area contributed by atoms with Crippen LogP contribution in [-0.4, -0.2) is 16.6 Å². The molecule has 1 nitrogen and oxygen atoms in total. The van der Waals surface area contributed by atoms with E-state index < -0.39 is 16.6 Å². The van der Waals surface area contributed by atoms with Crippen molar-refractivity contribution < 1.29 is 4.12 Å². The Kier molecular flexibility index (Phi) is 12.6. The Morgan fingerprint density at radius 3 is 1.00 bits per heavy atom. The molecule has 0 aliphatic heterocycles. The van der Waals surface area contributed by atoms with Crippen LogP contribution in [0.25, 0.3) is 0 Å². The second-order valence-corrected chi connectivity index (χ2v) is 14.8. The minimum atomic E-state index is -1.27. The predicted molar refractivity (Wildman–Crippen MR) is 94.8 cm³/mol. The number of hydrogen-bond donors (Lipinski definition) is 0. The highest BCUT2D eigenvalue weighted by Gasteiger charge is 2.29. The molecule has 0 fully saturated rings. The zero-order valence-electron chi connectivity index (χ0n) is 14.3. The molecule has 1 rings (SSSR count). The normalized spacial score (nSPS) is 10.7. The molecule has 0 aliphatic carbocycles. The van der Waals surface area contributed by atoms with Crippen molar-refractivity contribution in [2.24, 2.45) is 0 Å². The van der Waals surface area contributed by atoms with Gasteiger partial charge in [-0.3, -0.25) is 0 Å². The smallest absolute Gasteiger partial charge is 0.173 e. The van der Waals surface area contributed by atoms with Gasteiger partial charge in [-0.1, -0.05) is 64.1 Å². The lowest BCUT2D eigenvalue weighted by molar-refractivity contribution is 0.542. The Labute approximate surface area is 123 Å². The minimum absolute atomic E-state index is 1.24. The van der Waals surface area contributed by atoms with E-state index in [2.05, 4.69) is 40.0 Å². The largest absolute Gasteiger partial charge is 0.456 e. The van der Waals surface area contributed by atoms with E-state index in [0.717, 1.165) is 0 Å². The average Bonchev–Trinajstić information content (AvgIpc) is 2.43. The molecule has 0 heterocycles. The van der Waals surface area contributed by atoms with Crippen molar-refractivity contribution in [1.82, 2.24) is 0 Å². The van der Waals surface area contributed by atoms with Gasteiger partial charge in [0.15, 0.2) is 16.6 Å². The Hall–Kier alpha value is -0.386. The fourth-order valence-electron chi connectivity index (χ4n) is 1.28. The zero-order chi connectivity index (χ0) is 15.4. The molecule has 0 aromatic heterocycles. The molecule has 0 spiro atoms. The van der Waals surface area contributed by atoms with E-state index >= 15 is 0 Å². The molecule has 19 heavy (non-hydrogen) atoms. The van der Waals surface area contributed by atoms with Gasteiger partial charge >= 0.3 is 0 Å². The van der Waals surface area contributed by atoms with Crippen LogP contribution in [0.3, 0.4) is 0 Å². The van der Waals surface area contributed by atoms with Crippen LogP contribution in [0.5, 0.6) is 0 Å². The van der Waals surface area contributed by atoms with Crippen molar-refractivity contribution in [3.63, 3.8) is 0 Å². The highest BCUT2D eigenvalue weighted by molar-refractivity contribution is 6.84. The van der Waals surface area contributed by atoms with Crippen LogP contribution in [-0.2, 0) is 4.12 Å². The quantitative estimate of drug-likeness (QED) is 0.604. The highest BCUT2D eigenvalue weighted by Crippen LogP contribution is 2.20. The van der Waals surface area contributed by atoms with Crippen LogP contribution in [0.1, 0.15) is 27.7 Å². The molecule has 1 aromatic rings. The summed E-state index contributed by atoms with van der Waals surface area (Å²) in [6.45, 7) is 17.8. The van der Waals surface area contributed by atoms with Crippen molar-refractivity contribution in [3.05, 3.63) is 36.4 Å². The molecule has 1 aromatic carbocycles. The summed E-state index contributed by atoms with van der Waals surface area (Å²) in [5, 5.41) is 0. The zero-order valence-corrected chi connectivity index (χ0v) is 16.3. The van der Waals surface area contributed by atoms with Gasteiger partial charge in [0.25, 0.3) is 0 Å². The summed E-state index contributed by atoms with van der Waals surface area (Å²) in [6.07, 6.45) is 0. The van der Waals surface area contributed by atoms with E-state index in [1.807, 2.05) is 50.2 Å². The topological polar surface area (TPSA) is 9.23 Å². The third-order valence-corrected chi connectivity index (χ3v) is 10.7. The monoisotopic (exact) mass is 298 g/mol. The van der Waals surface area contributed by atoms with Gasteiger partial charge in [0.05, 0.1) is 0 Å². The summed E-state index contributed by atoms with van der Waals surface area (Å²) < 4.78 is 6.20. The number of hydrogen-bond acceptors (Lipinski definition) is 1. The van der Waals surface area contributed by atoms with E-state index in [4.69, 9.17) is 4.12 Å². The second-order valence-electron chi connectivity index (χ2n) is 5.48. The molecule has 0 saturated carbocycles. The van der Waals surface area contributed by atoms with Crippen molar-refractivity contribution in [1.29, 1.82) is 0 Å². The molecule has 0 bridgehead atoms. The average molecular weight is 299 g/mol. The van der Waals surface area contributed by atoms with Crippen LogP contribution in [0, 0.1) is 0 Å². The van der Waals surface area contributed by atoms with Crippen LogP contribution in [0.15, 0.2) is 36.4 Å². The van der Waals surface area contributed by atoms with Gasteiger partial charge in [-0.25, -0.2) is 0 Å². The Morgan fingerprint density at radius 1 is 0.632 bits per heavy atom. The fourth-order valence-corrected chi connectivity index (χ4v) is 8.42. The summed E-state index contributed by atoms with van der Waals surface area (Å²) in [5.74, 6) is 0. The van der Waals surface area contributed by atoms with E-state index in [0.29, 0.717) is 0 Å². The van der Waals surface area contributed by atoms with E-state index in [-0.39, 0.29) is 0 Å². The third-order valence-electron chi connectivity index (χ3n) is 2.92. The maximum Gasteiger partial charge on any atom is 0.173 e. The van der Waals surface area contributed by atoms with Gasteiger partial charge < -0.3 is 4.12 Å². The van der Waals surface area contributed by atoms with E-state index in [1.165, 1.54) is 12.1 Å². The lowest BCUT2D eigenvalue weighted by atomic mass is 10.4. The molecule has 0 unspecified atom stereocenters. The maximum atomic E-state index is 6.20. The molecule has 3 heteroatoms. The SMILES string of the molecule is CC.CC[Si](C)(C)O[Si](C)(C)CC.c1ccccc1. The first kappa shape index (κ1) is 20.9. The molecule has 0 amide bonds. The summed E-state index contributed by atoms with van der Waals surface area (Å²) in [5.41, 5.74) is 0. The summed E-state index contributed by atoms with van der Waals surface area (Å²) in [4.78, 5) is 0. The van der Waals surface area contributed by atoms with Gasteiger partial charge in [-0.15, -0.1) is 0 Å². The van der Waals surface area contributed by atoms with Crippen molar-refractivity contribution >= 4 is 16.6 Å². The Morgan fingerprint density at radius 2 is 0.842 bits per heavy atom. The van der Waals surface area contributed by atoms with Crippen LogP contribution >= 0.6 is 0 Å². The third kappa shape index (κ3) is 13.8. The minimum Gasteiger partial charge on any atom is -0.456 e. The van der Waals surface area contributed by atoms with Crippen molar-refractivity contribution in [3.8, 4) is 0 Å². The molecular formula is C16H34OSi2. The van der Waals surface area contributed by atoms with Gasteiger partial charge in [0, 0.05) is 0 Å². The lowest BCUT2D eigenvalue weighted by Gasteiger charge is -2.32. The van der Waals surface area contributed by atoms with Gasteiger partial charge in [0.1, 0.15) is 0 Å². The Balaban J connectivity index is 0. The first-order valence-corrected chi connectivity index (χ1v) is 13.8. The first-order chi connectivity index (χ1) is 8.83. The van der Waals surface area contributed by atoms with Crippen molar-refractivity contribution in [2.75, 3.05) is 0 Å². The van der Waals surface area contributed by atoms with Crippen LogP contribution in [0.2, 0.25) is 38.3 Å². The van der Waals surface area contributed by atoms with Gasteiger partial charge in [-0.2, -0.15) is 0 Å². The first-order valence-electron chi connectivity index (χ1n) is 7.53. The predicted octanol–water partition coefficient (Wildman–Crippen LogP) is 6.17. The van der Waals surface area contributed by atoms with E-state index in [9.17, 15) is 0 Å². The van der Waals surface area contributed by atoms with Crippen molar-refractivity contribution in [2.45, 2.75) is 66.0 Å². The molecule has 0 saturated heterocycles. The summed E-state index contributed by atoms with van der Waals surface area (Å²) in [7, 11) is -2.54. The molecule has 112 valence electrons. The summed E-state index contributed by atoms with van der Waals surface area (Å²) >= 11 is 0. The van der Waals surface area contributed by atoms with E-state index in [1.54, 1.807) is 0 Å². The lowest BCUT2D eigenvalue weighted by Crippen LogP contribution is -2.43. The molecule has 0 atom stereocenters. The van der Waals surface area contributed by atoms with Gasteiger partial charge in [0.2, 0.25) is 0 Å². The molecular weight excluding hydrogens is 264 g/mol. The maximum absolute atomic E-state index is 6.20. The molecule has 0 N–H and O–H groups in total. The Bertz CT molecular complexity index is 243.